The summed E-state index contributed by atoms with van der Waals surface area (Å²) in [5, 5.41) is 19.0. The summed E-state index contributed by atoms with van der Waals surface area (Å²) in [6, 6.07) is 7.75. The van der Waals surface area contributed by atoms with Gasteiger partial charge in [0.2, 0.25) is 0 Å². The largest absolute Gasteiger partial charge is 0.486 e. The Morgan fingerprint density at radius 2 is 1.90 bits per heavy atom. The molecule has 1 aromatic carbocycles. The number of nitriles is 1. The van der Waals surface area contributed by atoms with Crippen LogP contribution in [-0.2, 0) is 0 Å². The number of hydrogen-bond acceptors (Lipinski definition) is 5. The van der Waals surface area contributed by atoms with Gasteiger partial charge >= 0.3 is 0 Å². The van der Waals surface area contributed by atoms with Crippen molar-refractivity contribution in [1.29, 1.82) is 5.26 Å². The third-order valence-corrected chi connectivity index (χ3v) is 3.87. The van der Waals surface area contributed by atoms with E-state index in [1.165, 1.54) is 0 Å². The van der Waals surface area contributed by atoms with E-state index >= 15 is 0 Å². The van der Waals surface area contributed by atoms with Crippen LogP contribution in [0.15, 0.2) is 18.2 Å². The second-order valence-electron chi connectivity index (χ2n) is 5.20. The molecule has 1 unspecified atom stereocenters. The first kappa shape index (κ1) is 13.2. The Kier molecular flexibility index (Phi) is 3.77. The topological polar surface area (TPSA) is 65.7 Å². The van der Waals surface area contributed by atoms with Gasteiger partial charge in [0.25, 0.3) is 0 Å². The number of likely N-dealkylation sites (tertiary alicyclic amines) is 1. The average Bonchev–Trinajstić information content (AvgIpc) is 2.50. The van der Waals surface area contributed by atoms with E-state index in [0.29, 0.717) is 19.0 Å². The number of aliphatic hydroxyl groups excluding tert-OH is 1. The number of nitrogens with zero attached hydrogens (tertiary/aromatic N) is 2. The van der Waals surface area contributed by atoms with Gasteiger partial charge in [0.15, 0.2) is 11.5 Å². The molecule has 0 saturated carbocycles. The molecule has 0 aromatic heterocycles. The highest BCUT2D eigenvalue weighted by Crippen LogP contribution is 2.34. The minimum absolute atomic E-state index is 0.231. The molecule has 1 atom stereocenters. The summed E-state index contributed by atoms with van der Waals surface area (Å²) in [4.78, 5) is 2.11. The molecule has 5 heteroatoms. The van der Waals surface area contributed by atoms with Crippen molar-refractivity contribution in [3.63, 3.8) is 0 Å². The van der Waals surface area contributed by atoms with Crippen molar-refractivity contribution >= 4 is 0 Å². The molecule has 2 aliphatic rings. The van der Waals surface area contributed by atoms with Crippen molar-refractivity contribution in [3.05, 3.63) is 23.8 Å². The molecular weight excluding hydrogens is 256 g/mol. The van der Waals surface area contributed by atoms with E-state index in [9.17, 15) is 10.4 Å². The Hall–Kier alpha value is -1.77. The highest BCUT2D eigenvalue weighted by Gasteiger charge is 2.26. The molecule has 2 aliphatic heterocycles. The van der Waals surface area contributed by atoms with Gasteiger partial charge in [-0.2, -0.15) is 5.26 Å². The first-order chi connectivity index (χ1) is 9.78. The molecule has 0 aliphatic carbocycles. The maximum atomic E-state index is 9.56. The minimum Gasteiger partial charge on any atom is -0.486 e. The molecule has 2 heterocycles. The maximum absolute atomic E-state index is 9.56. The molecule has 0 radical (unpaired) electrons. The highest BCUT2D eigenvalue weighted by molar-refractivity contribution is 5.45. The third-order valence-electron chi connectivity index (χ3n) is 3.87. The molecule has 106 valence electrons. The number of aliphatic hydroxyl groups is 1. The van der Waals surface area contributed by atoms with Crippen LogP contribution in [0.1, 0.15) is 24.4 Å². The molecule has 0 amide bonds. The Balaban J connectivity index is 1.81. The van der Waals surface area contributed by atoms with E-state index in [-0.39, 0.29) is 12.1 Å². The lowest BCUT2D eigenvalue weighted by Crippen LogP contribution is -2.38. The molecule has 1 N–H and O–H groups in total. The van der Waals surface area contributed by atoms with Crippen molar-refractivity contribution < 1.29 is 14.6 Å². The molecule has 0 bridgehead atoms. The van der Waals surface area contributed by atoms with Crippen molar-refractivity contribution in [1.82, 2.24) is 4.90 Å². The Labute approximate surface area is 118 Å². The molecule has 1 fully saturated rings. The number of piperidine rings is 1. The van der Waals surface area contributed by atoms with Crippen molar-refractivity contribution in [2.75, 3.05) is 26.3 Å². The van der Waals surface area contributed by atoms with Crippen molar-refractivity contribution in [2.24, 2.45) is 0 Å². The fourth-order valence-corrected chi connectivity index (χ4v) is 2.74. The van der Waals surface area contributed by atoms with Crippen LogP contribution in [0.2, 0.25) is 0 Å². The van der Waals surface area contributed by atoms with Gasteiger partial charge in [-0.3, -0.25) is 4.90 Å². The van der Waals surface area contributed by atoms with Gasteiger partial charge in [-0.05, 0) is 30.5 Å². The van der Waals surface area contributed by atoms with Gasteiger partial charge in [-0.1, -0.05) is 6.07 Å². The van der Waals surface area contributed by atoms with Crippen molar-refractivity contribution in [3.8, 4) is 17.6 Å². The number of fused-ring (bicyclic) bond motifs is 1. The fourth-order valence-electron chi connectivity index (χ4n) is 2.74. The van der Waals surface area contributed by atoms with Gasteiger partial charge in [0, 0.05) is 13.1 Å². The average molecular weight is 274 g/mol. The summed E-state index contributed by atoms with van der Waals surface area (Å²) in [5.41, 5.74) is 0.924. The standard InChI is InChI=1S/C15H18N2O3/c16-10-13(17-5-3-12(18)4-6-17)11-1-2-14-15(9-11)20-8-7-19-14/h1-2,9,12-13,18H,3-8H2. The SMILES string of the molecule is N#CC(c1ccc2c(c1)OCCO2)N1CCC(O)CC1. The van der Waals surface area contributed by atoms with E-state index in [0.717, 1.165) is 37.2 Å². The first-order valence-corrected chi connectivity index (χ1v) is 6.99. The van der Waals surface area contributed by atoms with Gasteiger partial charge in [0.05, 0.1) is 12.2 Å². The zero-order valence-corrected chi connectivity index (χ0v) is 11.3. The smallest absolute Gasteiger partial charge is 0.161 e. The molecule has 20 heavy (non-hydrogen) atoms. The molecule has 3 rings (SSSR count). The summed E-state index contributed by atoms with van der Waals surface area (Å²) in [7, 11) is 0. The normalized spacial score (nSPS) is 21.2. The quantitative estimate of drug-likeness (QED) is 0.885. The van der Waals surface area contributed by atoms with Crippen LogP contribution in [0.25, 0.3) is 0 Å². The van der Waals surface area contributed by atoms with E-state index in [2.05, 4.69) is 11.0 Å². The van der Waals surface area contributed by atoms with Crippen LogP contribution in [0.4, 0.5) is 0 Å². The lowest BCUT2D eigenvalue weighted by Gasteiger charge is -2.33. The number of hydrogen-bond donors (Lipinski definition) is 1. The molecular formula is C15H18N2O3. The number of benzene rings is 1. The summed E-state index contributed by atoms with van der Waals surface area (Å²) in [6.07, 6.45) is 1.22. The van der Waals surface area contributed by atoms with E-state index in [1.54, 1.807) is 0 Å². The monoisotopic (exact) mass is 274 g/mol. The second-order valence-corrected chi connectivity index (χ2v) is 5.20. The van der Waals surface area contributed by atoms with Crippen LogP contribution in [-0.4, -0.2) is 42.4 Å². The van der Waals surface area contributed by atoms with E-state index in [1.807, 2.05) is 18.2 Å². The van der Waals surface area contributed by atoms with Gasteiger partial charge in [-0.25, -0.2) is 0 Å². The summed E-state index contributed by atoms with van der Waals surface area (Å²) in [5.74, 6) is 1.46. The summed E-state index contributed by atoms with van der Waals surface area (Å²) in [6.45, 7) is 2.60. The summed E-state index contributed by atoms with van der Waals surface area (Å²) < 4.78 is 11.1. The third kappa shape index (κ3) is 2.58. The van der Waals surface area contributed by atoms with Crippen LogP contribution in [0.5, 0.6) is 11.5 Å². The van der Waals surface area contributed by atoms with Gasteiger partial charge < -0.3 is 14.6 Å². The van der Waals surface area contributed by atoms with Crippen LogP contribution in [0.3, 0.4) is 0 Å². The molecule has 0 spiro atoms. The zero-order chi connectivity index (χ0) is 13.9. The molecule has 1 saturated heterocycles. The lowest BCUT2D eigenvalue weighted by atomic mass is 10.0. The summed E-state index contributed by atoms with van der Waals surface area (Å²) >= 11 is 0. The van der Waals surface area contributed by atoms with Crippen LogP contribution < -0.4 is 9.47 Å². The lowest BCUT2D eigenvalue weighted by molar-refractivity contribution is 0.0715. The Bertz CT molecular complexity index is 518. The molecule has 5 nitrogen and oxygen atoms in total. The Morgan fingerprint density at radius 3 is 2.60 bits per heavy atom. The maximum Gasteiger partial charge on any atom is 0.161 e. The van der Waals surface area contributed by atoms with Crippen LogP contribution >= 0.6 is 0 Å². The van der Waals surface area contributed by atoms with Gasteiger partial charge in [0.1, 0.15) is 19.3 Å². The highest BCUT2D eigenvalue weighted by atomic mass is 16.6. The zero-order valence-electron chi connectivity index (χ0n) is 11.3. The molecule has 1 aromatic rings. The number of rotatable bonds is 2. The van der Waals surface area contributed by atoms with Crippen molar-refractivity contribution in [2.45, 2.75) is 25.0 Å². The predicted octanol–water partition coefficient (Wildman–Crippen LogP) is 1.48. The first-order valence-electron chi connectivity index (χ1n) is 6.99. The van der Waals surface area contributed by atoms with E-state index < -0.39 is 0 Å². The van der Waals surface area contributed by atoms with Gasteiger partial charge in [-0.15, -0.1) is 0 Å². The fraction of sp³-hybridized carbons (Fsp3) is 0.533. The number of ether oxygens (including phenoxy) is 2. The second kappa shape index (κ2) is 5.70. The van der Waals surface area contributed by atoms with Crippen LogP contribution in [0, 0.1) is 11.3 Å². The predicted molar refractivity (Wildman–Crippen MR) is 72.6 cm³/mol. The van der Waals surface area contributed by atoms with E-state index in [4.69, 9.17) is 9.47 Å². The minimum atomic E-state index is -0.293. The Morgan fingerprint density at radius 1 is 1.20 bits per heavy atom.